The van der Waals surface area contributed by atoms with Gasteiger partial charge in [-0.3, -0.25) is 9.29 Å². The number of nitrogens with zero attached hydrogens (tertiary/aromatic N) is 6. The fraction of sp³-hybridized carbons (Fsp3) is 0.500. The number of ether oxygens (including phenoxy) is 2. The molecule has 3 heterocycles. The molecule has 176 valence electrons. The van der Waals surface area contributed by atoms with Crippen LogP contribution in [0.1, 0.15) is 57.0 Å². The SMILES string of the molecule is COc1cccc(-c2nnc(NSC(C)C(OC)c3ncc(Cl)cn3)n2C2CCCCC2)n1. The largest absolute Gasteiger partial charge is 0.481 e. The molecule has 0 amide bonds. The molecule has 3 aromatic rings. The minimum atomic E-state index is -0.314. The number of pyridine rings is 1. The van der Waals surface area contributed by atoms with Crippen molar-refractivity contribution in [2.45, 2.75) is 56.4 Å². The smallest absolute Gasteiger partial charge is 0.235 e. The van der Waals surface area contributed by atoms with Crippen molar-refractivity contribution < 1.29 is 9.47 Å². The van der Waals surface area contributed by atoms with Gasteiger partial charge in [-0.15, -0.1) is 10.2 Å². The monoisotopic (exact) mass is 489 g/mol. The highest BCUT2D eigenvalue weighted by Gasteiger charge is 2.27. The van der Waals surface area contributed by atoms with Crippen LogP contribution in [0, 0.1) is 0 Å². The third kappa shape index (κ3) is 5.56. The molecule has 2 atom stereocenters. The van der Waals surface area contributed by atoms with Crippen molar-refractivity contribution in [1.82, 2.24) is 29.7 Å². The second kappa shape index (κ2) is 11.1. The van der Waals surface area contributed by atoms with Gasteiger partial charge in [0.2, 0.25) is 11.8 Å². The minimum Gasteiger partial charge on any atom is -0.481 e. The molecule has 1 N–H and O–H groups in total. The summed E-state index contributed by atoms with van der Waals surface area (Å²) in [7, 11) is 3.26. The van der Waals surface area contributed by atoms with E-state index in [2.05, 4.69) is 41.4 Å². The molecule has 0 aromatic carbocycles. The standard InChI is InChI=1S/C22H28ClN7O2S/c1-14(19(32-3)20-24-12-15(23)13-25-20)33-29-22-28-27-21(17-10-7-11-18(26-17)31-2)30(22)16-8-5-4-6-9-16/h7,10-14,16,19H,4-6,8-9H2,1-3H3,(H,28,29). The molecule has 0 bridgehead atoms. The lowest BCUT2D eigenvalue weighted by atomic mass is 9.95. The van der Waals surface area contributed by atoms with Gasteiger partial charge in [-0.05, 0) is 37.8 Å². The Bertz CT molecular complexity index is 1040. The average molecular weight is 490 g/mol. The van der Waals surface area contributed by atoms with Crippen molar-refractivity contribution >= 4 is 29.5 Å². The highest BCUT2D eigenvalue weighted by atomic mass is 35.5. The van der Waals surface area contributed by atoms with E-state index in [1.807, 2.05) is 18.2 Å². The third-order valence-corrected chi connectivity index (χ3v) is 6.82. The van der Waals surface area contributed by atoms with Gasteiger partial charge in [0.15, 0.2) is 11.6 Å². The first-order valence-electron chi connectivity index (χ1n) is 11.0. The maximum absolute atomic E-state index is 5.93. The van der Waals surface area contributed by atoms with Crippen LogP contribution in [0.2, 0.25) is 5.02 Å². The van der Waals surface area contributed by atoms with Crippen molar-refractivity contribution in [1.29, 1.82) is 0 Å². The molecule has 0 spiro atoms. The lowest BCUT2D eigenvalue weighted by molar-refractivity contribution is 0.0972. The van der Waals surface area contributed by atoms with E-state index in [1.54, 1.807) is 26.6 Å². The Hall–Kier alpha value is -2.43. The Kier molecular flexibility index (Phi) is 8.00. The molecule has 1 aliphatic rings. The number of methoxy groups -OCH3 is 2. The van der Waals surface area contributed by atoms with Crippen LogP contribution < -0.4 is 9.46 Å². The van der Waals surface area contributed by atoms with E-state index in [1.165, 1.54) is 31.2 Å². The second-order valence-electron chi connectivity index (χ2n) is 7.92. The summed E-state index contributed by atoms with van der Waals surface area (Å²) in [5, 5.41) is 9.46. The zero-order valence-corrected chi connectivity index (χ0v) is 20.5. The van der Waals surface area contributed by atoms with Crippen molar-refractivity contribution in [3.8, 4) is 17.4 Å². The van der Waals surface area contributed by atoms with Crippen LogP contribution in [0.25, 0.3) is 11.5 Å². The van der Waals surface area contributed by atoms with Crippen molar-refractivity contribution in [2.75, 3.05) is 18.9 Å². The van der Waals surface area contributed by atoms with Gasteiger partial charge in [-0.1, -0.05) is 36.9 Å². The van der Waals surface area contributed by atoms with E-state index in [-0.39, 0.29) is 11.4 Å². The quantitative estimate of drug-likeness (QED) is 0.409. The van der Waals surface area contributed by atoms with E-state index < -0.39 is 0 Å². The number of hydrogen-bond acceptors (Lipinski definition) is 9. The summed E-state index contributed by atoms with van der Waals surface area (Å²) in [5.74, 6) is 2.57. The van der Waals surface area contributed by atoms with Gasteiger partial charge in [0.05, 0.1) is 17.4 Å². The average Bonchev–Trinajstić information content (AvgIpc) is 3.29. The van der Waals surface area contributed by atoms with Gasteiger partial charge in [0, 0.05) is 31.6 Å². The first-order valence-corrected chi connectivity index (χ1v) is 12.2. The highest BCUT2D eigenvalue weighted by Crippen LogP contribution is 2.36. The Balaban J connectivity index is 1.57. The molecule has 1 saturated carbocycles. The lowest BCUT2D eigenvalue weighted by Crippen LogP contribution is -2.20. The van der Waals surface area contributed by atoms with Gasteiger partial charge in [0.1, 0.15) is 11.8 Å². The van der Waals surface area contributed by atoms with Crippen molar-refractivity contribution in [3.05, 3.63) is 41.4 Å². The second-order valence-corrected chi connectivity index (χ2v) is 9.53. The summed E-state index contributed by atoms with van der Waals surface area (Å²) in [4.78, 5) is 13.2. The highest BCUT2D eigenvalue weighted by molar-refractivity contribution is 8.01. The zero-order chi connectivity index (χ0) is 23.2. The number of halogens is 1. The summed E-state index contributed by atoms with van der Waals surface area (Å²) in [6, 6.07) is 5.99. The first-order chi connectivity index (χ1) is 16.1. The summed E-state index contributed by atoms with van der Waals surface area (Å²) >= 11 is 7.43. The number of aromatic nitrogens is 6. The molecule has 3 aromatic heterocycles. The molecular weight excluding hydrogens is 462 g/mol. The Morgan fingerprint density at radius 1 is 1.12 bits per heavy atom. The van der Waals surface area contributed by atoms with Gasteiger partial charge in [-0.2, -0.15) is 0 Å². The predicted molar refractivity (Wildman–Crippen MR) is 129 cm³/mol. The topological polar surface area (TPSA) is 99.9 Å². The molecule has 9 nitrogen and oxygen atoms in total. The summed E-state index contributed by atoms with van der Waals surface area (Å²) in [5.41, 5.74) is 0.739. The van der Waals surface area contributed by atoms with E-state index in [0.29, 0.717) is 28.7 Å². The van der Waals surface area contributed by atoms with Crippen LogP contribution in [0.4, 0.5) is 5.95 Å². The van der Waals surface area contributed by atoms with Gasteiger partial charge in [0.25, 0.3) is 0 Å². The molecular formula is C22H28ClN7O2S. The lowest BCUT2D eigenvalue weighted by Gasteiger charge is -2.26. The van der Waals surface area contributed by atoms with Gasteiger partial charge < -0.3 is 9.47 Å². The van der Waals surface area contributed by atoms with Crippen LogP contribution in [-0.2, 0) is 4.74 Å². The van der Waals surface area contributed by atoms with Crippen molar-refractivity contribution in [3.63, 3.8) is 0 Å². The molecule has 4 rings (SSSR count). The molecule has 0 saturated heterocycles. The number of rotatable bonds is 9. The number of nitrogens with one attached hydrogen (secondary N) is 1. The van der Waals surface area contributed by atoms with E-state index in [0.717, 1.165) is 24.4 Å². The normalized spacial score (nSPS) is 16.4. The van der Waals surface area contributed by atoms with Crippen LogP contribution in [0.3, 0.4) is 0 Å². The van der Waals surface area contributed by atoms with Crippen LogP contribution >= 0.6 is 23.5 Å². The molecule has 1 aliphatic carbocycles. The van der Waals surface area contributed by atoms with E-state index in [4.69, 9.17) is 21.1 Å². The summed E-state index contributed by atoms with van der Waals surface area (Å²) < 4.78 is 16.6. The number of anilines is 1. The molecule has 0 radical (unpaired) electrons. The van der Waals surface area contributed by atoms with Crippen LogP contribution in [0.15, 0.2) is 30.6 Å². The Morgan fingerprint density at radius 3 is 2.58 bits per heavy atom. The maximum atomic E-state index is 5.93. The minimum absolute atomic E-state index is 0.00826. The molecule has 2 unspecified atom stereocenters. The molecule has 0 aliphatic heterocycles. The Labute approximate surface area is 202 Å². The number of hydrogen-bond donors (Lipinski definition) is 1. The van der Waals surface area contributed by atoms with Gasteiger partial charge in [-0.25, -0.2) is 15.0 Å². The van der Waals surface area contributed by atoms with E-state index in [9.17, 15) is 0 Å². The summed E-state index contributed by atoms with van der Waals surface area (Å²) in [6.45, 7) is 2.05. The molecule has 11 heteroatoms. The summed E-state index contributed by atoms with van der Waals surface area (Å²) in [6.07, 6.45) is 8.66. The molecule has 1 fully saturated rings. The maximum Gasteiger partial charge on any atom is 0.235 e. The first kappa shape index (κ1) is 23.7. The van der Waals surface area contributed by atoms with Crippen LogP contribution in [0.5, 0.6) is 5.88 Å². The third-order valence-electron chi connectivity index (χ3n) is 5.71. The molecule has 33 heavy (non-hydrogen) atoms. The van der Waals surface area contributed by atoms with Gasteiger partial charge >= 0.3 is 0 Å². The van der Waals surface area contributed by atoms with Crippen LogP contribution in [-0.4, -0.2) is 49.2 Å². The fourth-order valence-corrected chi connectivity index (χ4v) is 4.94. The fourth-order valence-electron chi connectivity index (χ4n) is 4.06. The Morgan fingerprint density at radius 2 is 1.88 bits per heavy atom. The van der Waals surface area contributed by atoms with E-state index >= 15 is 0 Å². The predicted octanol–water partition coefficient (Wildman–Crippen LogP) is 5.13. The van der Waals surface area contributed by atoms with Crippen molar-refractivity contribution in [2.24, 2.45) is 0 Å². The zero-order valence-electron chi connectivity index (χ0n) is 18.9.